The van der Waals surface area contributed by atoms with Gasteiger partial charge >= 0.3 is 0 Å². The summed E-state index contributed by atoms with van der Waals surface area (Å²) in [7, 11) is 0. The molecule has 136 valence electrons. The van der Waals surface area contributed by atoms with Crippen molar-refractivity contribution >= 4 is 5.91 Å². The third kappa shape index (κ3) is 4.84. The largest absolute Gasteiger partial charge is 0.353 e. The van der Waals surface area contributed by atoms with Gasteiger partial charge in [0.2, 0.25) is 5.91 Å². The van der Waals surface area contributed by atoms with Crippen molar-refractivity contribution in [1.82, 2.24) is 5.32 Å². The summed E-state index contributed by atoms with van der Waals surface area (Å²) >= 11 is 0. The molecule has 0 saturated carbocycles. The minimum absolute atomic E-state index is 0.0865. The van der Waals surface area contributed by atoms with E-state index in [9.17, 15) is 4.79 Å². The number of hydrogen-bond donors (Lipinski definition) is 1. The highest BCUT2D eigenvalue weighted by Crippen LogP contribution is 2.36. The standard InChI is InChI=1S/C23H33NO/c1-15-8-11-19(12-9-15)21(14-20-13-10-16(2)17(20)3)18(4)24-22(25)23(5,6)7/h8-13,17-18,21H,14H2,1-7H3,(H,24,25). The highest BCUT2D eigenvalue weighted by molar-refractivity contribution is 5.81. The molecule has 1 aromatic rings. The highest BCUT2D eigenvalue weighted by atomic mass is 16.2. The molecular formula is C23H33NO. The van der Waals surface area contributed by atoms with Crippen molar-refractivity contribution in [2.45, 2.75) is 66.8 Å². The number of carbonyl (C=O) groups excluding carboxylic acids is 1. The molecule has 0 fully saturated rings. The van der Waals surface area contributed by atoms with E-state index < -0.39 is 0 Å². The Morgan fingerprint density at radius 2 is 1.72 bits per heavy atom. The number of amides is 1. The summed E-state index contributed by atoms with van der Waals surface area (Å²) < 4.78 is 0. The van der Waals surface area contributed by atoms with Crippen molar-refractivity contribution in [3.8, 4) is 0 Å². The molecule has 0 aliphatic heterocycles. The topological polar surface area (TPSA) is 29.1 Å². The fraction of sp³-hybridized carbons (Fsp3) is 0.522. The zero-order chi connectivity index (χ0) is 18.8. The summed E-state index contributed by atoms with van der Waals surface area (Å²) in [5.41, 5.74) is 5.07. The van der Waals surface area contributed by atoms with Gasteiger partial charge in [-0.2, -0.15) is 0 Å². The SMILES string of the molecule is CC1=CC=C(CC(c2ccc(C)cc2)C(C)NC(=O)C(C)(C)C)C1C. The Bertz CT molecular complexity index is 673. The van der Waals surface area contributed by atoms with Crippen molar-refractivity contribution in [1.29, 1.82) is 0 Å². The van der Waals surface area contributed by atoms with Crippen LogP contribution < -0.4 is 5.32 Å². The molecule has 3 unspecified atom stereocenters. The molecular weight excluding hydrogens is 306 g/mol. The van der Waals surface area contributed by atoms with Gasteiger partial charge < -0.3 is 5.32 Å². The molecule has 0 radical (unpaired) electrons. The van der Waals surface area contributed by atoms with E-state index in [0.29, 0.717) is 5.92 Å². The molecule has 0 spiro atoms. The first-order chi connectivity index (χ1) is 11.6. The summed E-state index contributed by atoms with van der Waals surface area (Å²) in [5, 5.41) is 3.25. The van der Waals surface area contributed by atoms with E-state index >= 15 is 0 Å². The van der Waals surface area contributed by atoms with Crippen molar-refractivity contribution < 1.29 is 4.79 Å². The summed E-state index contributed by atoms with van der Waals surface area (Å²) in [6.45, 7) is 14.6. The van der Waals surface area contributed by atoms with E-state index in [1.54, 1.807) is 0 Å². The molecule has 0 saturated heterocycles. The van der Waals surface area contributed by atoms with Crippen molar-refractivity contribution in [3.05, 3.63) is 58.7 Å². The van der Waals surface area contributed by atoms with E-state index in [4.69, 9.17) is 0 Å². The predicted octanol–water partition coefficient (Wildman–Crippen LogP) is 5.54. The Hall–Kier alpha value is -1.83. The predicted molar refractivity (Wildman–Crippen MR) is 107 cm³/mol. The molecule has 0 aromatic heterocycles. The first-order valence-electron chi connectivity index (χ1n) is 9.34. The summed E-state index contributed by atoms with van der Waals surface area (Å²) in [5.74, 6) is 0.887. The van der Waals surface area contributed by atoms with Crippen molar-refractivity contribution in [2.75, 3.05) is 0 Å². The van der Waals surface area contributed by atoms with Crippen LogP contribution in [-0.4, -0.2) is 11.9 Å². The van der Waals surface area contributed by atoms with E-state index in [1.165, 1.54) is 22.3 Å². The lowest BCUT2D eigenvalue weighted by Gasteiger charge is -2.30. The average Bonchev–Trinajstić information content (AvgIpc) is 2.84. The molecule has 0 heterocycles. The Kier molecular flexibility index (Phi) is 5.92. The Labute approximate surface area is 153 Å². The number of benzene rings is 1. The number of hydrogen-bond acceptors (Lipinski definition) is 1. The smallest absolute Gasteiger partial charge is 0.225 e. The van der Waals surface area contributed by atoms with Crippen LogP contribution in [0, 0.1) is 18.3 Å². The lowest BCUT2D eigenvalue weighted by molar-refractivity contribution is -0.129. The molecule has 2 rings (SSSR count). The summed E-state index contributed by atoms with van der Waals surface area (Å²) in [6.07, 6.45) is 5.47. The zero-order valence-corrected chi connectivity index (χ0v) is 16.8. The second-order valence-electron chi connectivity index (χ2n) is 8.61. The second-order valence-corrected chi connectivity index (χ2v) is 8.61. The van der Waals surface area contributed by atoms with E-state index in [-0.39, 0.29) is 23.3 Å². The molecule has 1 aromatic carbocycles. The first-order valence-corrected chi connectivity index (χ1v) is 9.34. The van der Waals surface area contributed by atoms with Crippen LogP contribution >= 0.6 is 0 Å². The maximum atomic E-state index is 12.5. The molecule has 3 atom stereocenters. The summed E-state index contributed by atoms with van der Waals surface area (Å²) in [6, 6.07) is 8.83. The van der Waals surface area contributed by atoms with Crippen molar-refractivity contribution in [2.24, 2.45) is 11.3 Å². The van der Waals surface area contributed by atoms with Crippen LogP contribution in [-0.2, 0) is 4.79 Å². The van der Waals surface area contributed by atoms with Crippen LogP contribution in [0.25, 0.3) is 0 Å². The average molecular weight is 340 g/mol. The third-order valence-electron chi connectivity index (χ3n) is 5.40. The molecule has 2 heteroatoms. The number of allylic oxidation sites excluding steroid dienone is 4. The molecule has 1 amide bonds. The fourth-order valence-electron chi connectivity index (χ4n) is 3.24. The van der Waals surface area contributed by atoms with Crippen LogP contribution in [0.3, 0.4) is 0 Å². The fourth-order valence-corrected chi connectivity index (χ4v) is 3.24. The quantitative estimate of drug-likeness (QED) is 0.749. The third-order valence-corrected chi connectivity index (χ3v) is 5.40. The van der Waals surface area contributed by atoms with Crippen LogP contribution in [0.5, 0.6) is 0 Å². The van der Waals surface area contributed by atoms with Gasteiger partial charge in [0.25, 0.3) is 0 Å². The molecule has 0 bridgehead atoms. The lowest BCUT2D eigenvalue weighted by Crippen LogP contribution is -2.43. The normalized spacial score (nSPS) is 19.9. The number of aryl methyl sites for hydroxylation is 1. The van der Waals surface area contributed by atoms with Gasteiger partial charge in [0.1, 0.15) is 0 Å². The van der Waals surface area contributed by atoms with E-state index in [0.717, 1.165) is 6.42 Å². The first kappa shape index (κ1) is 19.5. The van der Waals surface area contributed by atoms with Gasteiger partial charge in [0, 0.05) is 17.4 Å². The monoisotopic (exact) mass is 339 g/mol. The van der Waals surface area contributed by atoms with Gasteiger partial charge in [-0.3, -0.25) is 4.79 Å². The minimum Gasteiger partial charge on any atom is -0.353 e. The lowest BCUT2D eigenvalue weighted by atomic mass is 9.82. The maximum Gasteiger partial charge on any atom is 0.225 e. The second kappa shape index (κ2) is 7.59. The summed E-state index contributed by atoms with van der Waals surface area (Å²) in [4.78, 5) is 12.5. The van der Waals surface area contributed by atoms with Gasteiger partial charge in [-0.15, -0.1) is 0 Å². The van der Waals surface area contributed by atoms with Crippen LogP contribution in [0.1, 0.15) is 65.0 Å². The van der Waals surface area contributed by atoms with Gasteiger partial charge in [0.05, 0.1) is 0 Å². The minimum atomic E-state index is -0.371. The molecule has 25 heavy (non-hydrogen) atoms. The molecule has 2 nitrogen and oxygen atoms in total. The van der Waals surface area contributed by atoms with Crippen LogP contribution in [0.15, 0.2) is 47.6 Å². The van der Waals surface area contributed by atoms with Gasteiger partial charge in [0.15, 0.2) is 0 Å². The maximum absolute atomic E-state index is 12.5. The zero-order valence-electron chi connectivity index (χ0n) is 16.8. The van der Waals surface area contributed by atoms with Crippen LogP contribution in [0.2, 0.25) is 0 Å². The Balaban J connectivity index is 2.23. The van der Waals surface area contributed by atoms with E-state index in [2.05, 4.69) is 69.4 Å². The highest BCUT2D eigenvalue weighted by Gasteiger charge is 2.29. The number of rotatable bonds is 5. The van der Waals surface area contributed by atoms with E-state index in [1.807, 2.05) is 20.8 Å². The van der Waals surface area contributed by atoms with Crippen LogP contribution in [0.4, 0.5) is 0 Å². The number of nitrogens with one attached hydrogen (secondary N) is 1. The van der Waals surface area contributed by atoms with Gasteiger partial charge in [-0.1, -0.05) is 80.8 Å². The Morgan fingerprint density at radius 3 is 2.20 bits per heavy atom. The Morgan fingerprint density at radius 1 is 1.12 bits per heavy atom. The number of carbonyl (C=O) groups is 1. The van der Waals surface area contributed by atoms with Gasteiger partial charge in [-0.05, 0) is 38.7 Å². The van der Waals surface area contributed by atoms with Crippen molar-refractivity contribution in [3.63, 3.8) is 0 Å². The van der Waals surface area contributed by atoms with Gasteiger partial charge in [-0.25, -0.2) is 0 Å². The molecule has 1 aliphatic rings. The molecule has 1 N–H and O–H groups in total. The molecule has 1 aliphatic carbocycles.